The summed E-state index contributed by atoms with van der Waals surface area (Å²) in [6.45, 7) is 7.79. The van der Waals surface area contributed by atoms with Gasteiger partial charge in [0.05, 0.1) is 12.2 Å². The first kappa shape index (κ1) is 14.0. The zero-order chi connectivity index (χ0) is 13.8. The summed E-state index contributed by atoms with van der Waals surface area (Å²) in [6.07, 6.45) is 0.636. The molecule has 2 rings (SSSR count). The van der Waals surface area contributed by atoms with Crippen LogP contribution < -0.4 is 0 Å². The number of carboxylic acids is 1. The van der Waals surface area contributed by atoms with Gasteiger partial charge in [-0.2, -0.15) is 0 Å². The molecule has 0 unspecified atom stereocenters. The quantitative estimate of drug-likeness (QED) is 0.795. The maximum absolute atomic E-state index is 11.0. The van der Waals surface area contributed by atoms with E-state index < -0.39 is 5.97 Å². The molecule has 0 bridgehead atoms. The number of hydrogen-bond acceptors (Lipinski definition) is 5. The summed E-state index contributed by atoms with van der Waals surface area (Å²) < 4.78 is 1.72. The van der Waals surface area contributed by atoms with Gasteiger partial charge in [-0.3, -0.25) is 4.90 Å². The summed E-state index contributed by atoms with van der Waals surface area (Å²) in [6, 6.07) is 0. The Morgan fingerprint density at radius 1 is 1.26 bits per heavy atom. The number of likely N-dealkylation sites (N-methyl/N-ethyl adjacent to an activating group) is 1. The highest BCUT2D eigenvalue weighted by Gasteiger charge is 2.18. The summed E-state index contributed by atoms with van der Waals surface area (Å²) in [5, 5.41) is 16.7. The molecule has 1 fully saturated rings. The van der Waals surface area contributed by atoms with Crippen LogP contribution in [0.25, 0.3) is 0 Å². The van der Waals surface area contributed by atoms with Crippen molar-refractivity contribution in [2.45, 2.75) is 19.9 Å². The van der Waals surface area contributed by atoms with Crippen LogP contribution >= 0.6 is 0 Å². The number of rotatable bonds is 5. The third-order valence-electron chi connectivity index (χ3n) is 3.60. The van der Waals surface area contributed by atoms with Crippen molar-refractivity contribution in [1.82, 2.24) is 24.8 Å². The van der Waals surface area contributed by atoms with Crippen molar-refractivity contribution in [2.24, 2.45) is 0 Å². The van der Waals surface area contributed by atoms with Gasteiger partial charge in [-0.1, -0.05) is 12.1 Å². The van der Waals surface area contributed by atoms with E-state index in [-0.39, 0.29) is 5.69 Å². The molecule has 1 saturated heterocycles. The number of nitrogens with zero attached hydrogens (tertiary/aromatic N) is 5. The minimum absolute atomic E-state index is 0.0841. The van der Waals surface area contributed by atoms with Crippen LogP contribution in [0.3, 0.4) is 0 Å². The van der Waals surface area contributed by atoms with Gasteiger partial charge in [-0.25, -0.2) is 9.48 Å². The predicted octanol–water partition coefficient (Wildman–Crippen LogP) is -0.214. The van der Waals surface area contributed by atoms with Crippen molar-refractivity contribution in [3.63, 3.8) is 0 Å². The molecular formula is C12H21N5O2. The number of aromatic carboxylic acids is 1. The maximum Gasteiger partial charge on any atom is 0.358 e. The Balaban J connectivity index is 1.94. The van der Waals surface area contributed by atoms with Gasteiger partial charge in [0.25, 0.3) is 0 Å². The van der Waals surface area contributed by atoms with Crippen molar-refractivity contribution in [3.05, 3.63) is 11.4 Å². The molecule has 1 aliphatic heterocycles. The SMILES string of the molecule is CCc1c(C(=O)O)nnn1CCN1CCN(C)CC1. The van der Waals surface area contributed by atoms with Gasteiger partial charge in [-0.15, -0.1) is 5.10 Å². The molecule has 0 amide bonds. The van der Waals surface area contributed by atoms with Crippen LogP contribution in [-0.2, 0) is 13.0 Å². The zero-order valence-electron chi connectivity index (χ0n) is 11.5. The lowest BCUT2D eigenvalue weighted by Crippen LogP contribution is -2.45. The highest BCUT2D eigenvalue weighted by atomic mass is 16.4. The van der Waals surface area contributed by atoms with Gasteiger partial charge >= 0.3 is 5.97 Å². The lowest BCUT2D eigenvalue weighted by Gasteiger charge is -2.32. The number of carbonyl (C=O) groups is 1. The Morgan fingerprint density at radius 2 is 1.95 bits per heavy atom. The molecule has 0 atom stereocenters. The van der Waals surface area contributed by atoms with E-state index in [1.807, 2.05) is 6.92 Å². The largest absolute Gasteiger partial charge is 0.476 e. The Bertz CT molecular complexity index is 437. The zero-order valence-corrected chi connectivity index (χ0v) is 11.5. The molecule has 1 N–H and O–H groups in total. The average Bonchev–Trinajstić information content (AvgIpc) is 2.81. The first-order valence-electron chi connectivity index (χ1n) is 6.68. The molecule has 0 saturated carbocycles. The third-order valence-corrected chi connectivity index (χ3v) is 3.60. The van der Waals surface area contributed by atoms with Crippen molar-refractivity contribution in [1.29, 1.82) is 0 Å². The molecule has 2 heterocycles. The van der Waals surface area contributed by atoms with Gasteiger partial charge in [0.2, 0.25) is 0 Å². The van der Waals surface area contributed by atoms with E-state index in [2.05, 4.69) is 27.2 Å². The smallest absolute Gasteiger partial charge is 0.358 e. The Labute approximate surface area is 112 Å². The standard InChI is InChI=1S/C12H21N5O2/c1-3-10-11(12(18)19)13-14-17(10)9-8-16-6-4-15(2)5-7-16/h3-9H2,1-2H3,(H,18,19). The van der Waals surface area contributed by atoms with Crippen LogP contribution in [0.4, 0.5) is 0 Å². The molecule has 0 aliphatic carbocycles. The van der Waals surface area contributed by atoms with Crippen molar-refractivity contribution >= 4 is 5.97 Å². The average molecular weight is 267 g/mol. The van der Waals surface area contributed by atoms with E-state index in [1.54, 1.807) is 4.68 Å². The second-order valence-corrected chi connectivity index (χ2v) is 4.91. The van der Waals surface area contributed by atoms with Gasteiger partial charge in [0, 0.05) is 32.7 Å². The van der Waals surface area contributed by atoms with E-state index >= 15 is 0 Å². The number of hydrogen-bond donors (Lipinski definition) is 1. The lowest BCUT2D eigenvalue weighted by atomic mass is 10.2. The fourth-order valence-corrected chi connectivity index (χ4v) is 2.34. The van der Waals surface area contributed by atoms with Crippen molar-refractivity contribution in [2.75, 3.05) is 39.8 Å². The third kappa shape index (κ3) is 3.30. The summed E-state index contributed by atoms with van der Waals surface area (Å²) in [5.74, 6) is -0.998. The van der Waals surface area contributed by atoms with E-state index in [4.69, 9.17) is 5.11 Å². The van der Waals surface area contributed by atoms with Crippen LogP contribution in [0.1, 0.15) is 23.1 Å². The van der Waals surface area contributed by atoms with Crippen LogP contribution in [0.15, 0.2) is 0 Å². The molecule has 7 nitrogen and oxygen atoms in total. The minimum atomic E-state index is -0.998. The molecule has 1 aromatic rings. The molecule has 106 valence electrons. The summed E-state index contributed by atoms with van der Waals surface area (Å²) >= 11 is 0. The van der Waals surface area contributed by atoms with Crippen molar-refractivity contribution < 1.29 is 9.90 Å². The Hall–Kier alpha value is -1.47. The summed E-state index contributed by atoms with van der Waals surface area (Å²) in [7, 11) is 2.13. The molecule has 7 heteroatoms. The normalized spacial score (nSPS) is 17.8. The first-order valence-corrected chi connectivity index (χ1v) is 6.68. The molecule has 1 aromatic heterocycles. The van der Waals surface area contributed by atoms with E-state index in [0.717, 1.165) is 32.7 Å². The number of aromatic nitrogens is 3. The molecular weight excluding hydrogens is 246 g/mol. The van der Waals surface area contributed by atoms with Gasteiger partial charge in [0.15, 0.2) is 5.69 Å². The maximum atomic E-state index is 11.0. The van der Waals surface area contributed by atoms with E-state index in [0.29, 0.717) is 18.7 Å². The first-order chi connectivity index (χ1) is 9.11. The van der Waals surface area contributed by atoms with Crippen LogP contribution in [0.5, 0.6) is 0 Å². The fraction of sp³-hybridized carbons (Fsp3) is 0.750. The lowest BCUT2D eigenvalue weighted by molar-refractivity contribution is 0.0689. The van der Waals surface area contributed by atoms with Gasteiger partial charge < -0.3 is 10.0 Å². The second kappa shape index (κ2) is 6.12. The van der Waals surface area contributed by atoms with Crippen LogP contribution in [-0.4, -0.2) is 75.6 Å². The highest BCUT2D eigenvalue weighted by molar-refractivity contribution is 5.86. The van der Waals surface area contributed by atoms with Crippen molar-refractivity contribution in [3.8, 4) is 0 Å². The minimum Gasteiger partial charge on any atom is -0.476 e. The predicted molar refractivity (Wildman–Crippen MR) is 70.3 cm³/mol. The monoisotopic (exact) mass is 267 g/mol. The molecule has 0 aromatic carbocycles. The fourth-order valence-electron chi connectivity index (χ4n) is 2.34. The van der Waals surface area contributed by atoms with E-state index in [1.165, 1.54) is 0 Å². The van der Waals surface area contributed by atoms with Gasteiger partial charge in [0.1, 0.15) is 0 Å². The summed E-state index contributed by atoms with van der Waals surface area (Å²) in [5.41, 5.74) is 0.794. The topological polar surface area (TPSA) is 74.5 Å². The molecule has 1 aliphatic rings. The Morgan fingerprint density at radius 3 is 2.53 bits per heavy atom. The summed E-state index contributed by atoms with van der Waals surface area (Å²) in [4.78, 5) is 15.7. The van der Waals surface area contributed by atoms with Crippen LogP contribution in [0.2, 0.25) is 0 Å². The Kier molecular flexibility index (Phi) is 4.49. The van der Waals surface area contributed by atoms with Gasteiger partial charge in [-0.05, 0) is 13.5 Å². The second-order valence-electron chi connectivity index (χ2n) is 4.91. The number of carboxylic acid groups (broad SMARTS) is 1. The molecule has 0 radical (unpaired) electrons. The molecule has 19 heavy (non-hydrogen) atoms. The van der Waals surface area contributed by atoms with E-state index in [9.17, 15) is 4.79 Å². The highest BCUT2D eigenvalue weighted by Crippen LogP contribution is 2.07. The molecule has 0 spiro atoms. The van der Waals surface area contributed by atoms with Crippen LogP contribution in [0, 0.1) is 0 Å². The number of piperazine rings is 1.